The molecular formula is C16H16N4O2S2. The van der Waals surface area contributed by atoms with Crippen LogP contribution in [0.2, 0.25) is 0 Å². The number of benzene rings is 1. The molecule has 124 valence electrons. The number of rotatable bonds is 5. The average Bonchev–Trinajstić information content (AvgIpc) is 3.24. The highest BCUT2D eigenvalue weighted by atomic mass is 32.1. The lowest BCUT2D eigenvalue weighted by molar-refractivity contribution is -0.118. The zero-order valence-electron chi connectivity index (χ0n) is 13.1. The number of hydrogen-bond acceptors (Lipinski definition) is 5. The van der Waals surface area contributed by atoms with Gasteiger partial charge in [-0.1, -0.05) is 6.07 Å². The number of H-pyrrole nitrogens is 1. The van der Waals surface area contributed by atoms with Gasteiger partial charge < -0.3 is 10.1 Å². The molecule has 2 aromatic heterocycles. The molecule has 3 aromatic rings. The van der Waals surface area contributed by atoms with Crippen LogP contribution in [0.3, 0.4) is 0 Å². The number of methoxy groups -OCH3 is 1. The van der Waals surface area contributed by atoms with Gasteiger partial charge in [0.15, 0.2) is 10.6 Å². The van der Waals surface area contributed by atoms with E-state index in [2.05, 4.69) is 15.5 Å². The Morgan fingerprint density at radius 3 is 2.75 bits per heavy atom. The number of amides is 1. The van der Waals surface area contributed by atoms with Crippen LogP contribution in [-0.2, 0) is 4.79 Å². The Bertz CT molecular complexity index is 882. The number of nitrogens with zero attached hydrogens (tertiary/aromatic N) is 2. The lowest BCUT2D eigenvalue weighted by Gasteiger charge is -2.15. The summed E-state index contributed by atoms with van der Waals surface area (Å²) in [6, 6.07) is 10.5. The van der Waals surface area contributed by atoms with Gasteiger partial charge in [-0.25, -0.2) is 0 Å². The molecule has 2 heterocycles. The Balaban J connectivity index is 1.83. The molecule has 0 aliphatic heterocycles. The minimum Gasteiger partial charge on any atom is -0.497 e. The van der Waals surface area contributed by atoms with E-state index in [-0.39, 0.29) is 5.91 Å². The monoisotopic (exact) mass is 360 g/mol. The number of aromatic amines is 1. The molecule has 0 saturated heterocycles. The molecule has 0 spiro atoms. The molecule has 6 nitrogen and oxygen atoms in total. The van der Waals surface area contributed by atoms with Gasteiger partial charge in [-0.2, -0.15) is 5.10 Å². The third-order valence-electron chi connectivity index (χ3n) is 3.57. The fraction of sp³-hybridized carbons (Fsp3) is 0.188. The van der Waals surface area contributed by atoms with Crippen molar-refractivity contribution in [2.24, 2.45) is 0 Å². The molecule has 0 unspecified atom stereocenters. The van der Waals surface area contributed by atoms with Gasteiger partial charge >= 0.3 is 0 Å². The smallest absolute Gasteiger partial charge is 0.247 e. The Kier molecular flexibility index (Phi) is 4.77. The fourth-order valence-corrected chi connectivity index (χ4v) is 3.28. The number of hydrogen-bond donors (Lipinski definition) is 2. The van der Waals surface area contributed by atoms with Crippen LogP contribution in [0.1, 0.15) is 13.0 Å². The van der Waals surface area contributed by atoms with Crippen molar-refractivity contribution in [2.75, 3.05) is 12.4 Å². The molecule has 0 radical (unpaired) electrons. The van der Waals surface area contributed by atoms with Crippen LogP contribution in [0.4, 0.5) is 5.69 Å². The molecule has 0 aliphatic carbocycles. The van der Waals surface area contributed by atoms with Gasteiger partial charge in [-0.05, 0) is 54.9 Å². The molecule has 1 amide bonds. The third-order valence-corrected chi connectivity index (χ3v) is 4.72. The highest BCUT2D eigenvalue weighted by Gasteiger charge is 2.21. The van der Waals surface area contributed by atoms with Gasteiger partial charge in [0.1, 0.15) is 11.8 Å². The van der Waals surface area contributed by atoms with E-state index >= 15 is 0 Å². The molecule has 3 rings (SSSR count). The van der Waals surface area contributed by atoms with Gasteiger partial charge in [-0.3, -0.25) is 14.5 Å². The molecule has 0 saturated carbocycles. The summed E-state index contributed by atoms with van der Waals surface area (Å²) >= 11 is 6.84. The quantitative estimate of drug-likeness (QED) is 0.678. The molecule has 0 bridgehead atoms. The van der Waals surface area contributed by atoms with Crippen LogP contribution >= 0.6 is 23.6 Å². The van der Waals surface area contributed by atoms with Gasteiger partial charge in [0.2, 0.25) is 5.91 Å². The highest BCUT2D eigenvalue weighted by Crippen LogP contribution is 2.26. The first kappa shape index (κ1) is 16.4. The van der Waals surface area contributed by atoms with E-state index in [1.54, 1.807) is 54.2 Å². The van der Waals surface area contributed by atoms with Gasteiger partial charge in [-0.15, -0.1) is 11.3 Å². The Labute approximate surface area is 148 Å². The second kappa shape index (κ2) is 6.98. The number of carbonyl (C=O) groups excluding carboxylic acids is 1. The number of aromatic nitrogens is 3. The molecule has 2 N–H and O–H groups in total. The topological polar surface area (TPSA) is 71.9 Å². The summed E-state index contributed by atoms with van der Waals surface area (Å²) in [5, 5.41) is 11.9. The fourth-order valence-electron chi connectivity index (χ4n) is 2.28. The van der Waals surface area contributed by atoms with E-state index in [4.69, 9.17) is 17.0 Å². The summed E-state index contributed by atoms with van der Waals surface area (Å²) in [4.78, 5) is 13.5. The Hall–Kier alpha value is -2.45. The van der Waals surface area contributed by atoms with E-state index in [0.29, 0.717) is 16.3 Å². The summed E-state index contributed by atoms with van der Waals surface area (Å²) in [7, 11) is 1.60. The van der Waals surface area contributed by atoms with E-state index in [9.17, 15) is 4.79 Å². The summed E-state index contributed by atoms with van der Waals surface area (Å²) in [6.07, 6.45) is 0. The van der Waals surface area contributed by atoms with Crippen molar-refractivity contribution in [1.82, 2.24) is 14.8 Å². The van der Waals surface area contributed by atoms with Crippen LogP contribution in [0.15, 0.2) is 41.8 Å². The molecular weight excluding hydrogens is 344 g/mol. The lowest BCUT2D eigenvalue weighted by Crippen LogP contribution is -2.24. The van der Waals surface area contributed by atoms with Crippen molar-refractivity contribution in [3.63, 3.8) is 0 Å². The Morgan fingerprint density at radius 2 is 2.12 bits per heavy atom. The number of anilines is 1. The average molecular weight is 360 g/mol. The molecule has 1 atom stereocenters. The number of carbonyl (C=O) groups is 1. The van der Waals surface area contributed by atoms with E-state index < -0.39 is 6.04 Å². The molecule has 0 aliphatic rings. The maximum atomic E-state index is 12.6. The van der Waals surface area contributed by atoms with Crippen molar-refractivity contribution in [3.8, 4) is 16.5 Å². The third kappa shape index (κ3) is 3.24. The van der Waals surface area contributed by atoms with Crippen molar-refractivity contribution >= 4 is 35.1 Å². The second-order valence-electron chi connectivity index (χ2n) is 5.09. The molecule has 8 heteroatoms. The summed E-state index contributed by atoms with van der Waals surface area (Å²) < 4.78 is 7.25. The predicted molar refractivity (Wildman–Crippen MR) is 97.1 cm³/mol. The first-order valence-electron chi connectivity index (χ1n) is 7.26. The van der Waals surface area contributed by atoms with Gasteiger partial charge in [0, 0.05) is 5.69 Å². The maximum absolute atomic E-state index is 12.6. The number of thiophene rings is 1. The molecule has 1 aromatic carbocycles. The number of nitrogens with one attached hydrogen (secondary N) is 2. The van der Waals surface area contributed by atoms with Gasteiger partial charge in [0.05, 0.1) is 12.0 Å². The molecule has 24 heavy (non-hydrogen) atoms. The first-order chi connectivity index (χ1) is 11.6. The largest absolute Gasteiger partial charge is 0.497 e. The first-order valence-corrected chi connectivity index (χ1v) is 8.54. The van der Waals surface area contributed by atoms with Crippen molar-refractivity contribution in [3.05, 3.63) is 46.5 Å². The zero-order chi connectivity index (χ0) is 17.1. The van der Waals surface area contributed by atoms with E-state index in [1.165, 1.54) is 0 Å². The standard InChI is InChI=1S/C16H16N4O2S2/c1-10(15(21)17-11-5-7-12(22-2)8-6-11)20-14(18-19-16(20)23)13-4-3-9-24-13/h3-10H,1-2H3,(H,17,21)(H,19,23)/t10-/m1/s1. The van der Waals surface area contributed by atoms with Crippen LogP contribution < -0.4 is 10.1 Å². The van der Waals surface area contributed by atoms with Crippen LogP contribution in [0.5, 0.6) is 5.75 Å². The summed E-state index contributed by atoms with van der Waals surface area (Å²) in [5.74, 6) is 1.22. The summed E-state index contributed by atoms with van der Waals surface area (Å²) in [5.41, 5.74) is 0.695. The zero-order valence-corrected chi connectivity index (χ0v) is 14.8. The van der Waals surface area contributed by atoms with E-state index in [1.807, 2.05) is 17.5 Å². The SMILES string of the molecule is COc1ccc(NC(=O)[C@@H](C)n2c(-c3cccs3)n[nH]c2=S)cc1. The van der Waals surface area contributed by atoms with Crippen LogP contribution in [-0.4, -0.2) is 27.8 Å². The van der Waals surface area contributed by atoms with Crippen LogP contribution in [0, 0.1) is 4.77 Å². The second-order valence-corrected chi connectivity index (χ2v) is 6.43. The highest BCUT2D eigenvalue weighted by molar-refractivity contribution is 7.71. The minimum atomic E-state index is -0.504. The van der Waals surface area contributed by atoms with Crippen molar-refractivity contribution in [2.45, 2.75) is 13.0 Å². The molecule has 0 fully saturated rings. The minimum absolute atomic E-state index is 0.171. The summed E-state index contributed by atoms with van der Waals surface area (Å²) in [6.45, 7) is 1.79. The van der Waals surface area contributed by atoms with Gasteiger partial charge in [0.25, 0.3) is 0 Å². The Morgan fingerprint density at radius 1 is 1.38 bits per heavy atom. The lowest BCUT2D eigenvalue weighted by atomic mass is 10.2. The number of ether oxygens (including phenoxy) is 1. The maximum Gasteiger partial charge on any atom is 0.247 e. The van der Waals surface area contributed by atoms with Crippen LogP contribution in [0.25, 0.3) is 10.7 Å². The normalized spacial score (nSPS) is 11.9. The predicted octanol–water partition coefficient (Wildman–Crippen LogP) is 3.88. The van der Waals surface area contributed by atoms with E-state index in [0.717, 1.165) is 10.6 Å². The van der Waals surface area contributed by atoms with Crippen molar-refractivity contribution < 1.29 is 9.53 Å². The van der Waals surface area contributed by atoms with Crippen molar-refractivity contribution in [1.29, 1.82) is 0 Å².